The third-order valence-electron chi connectivity index (χ3n) is 7.73. The van der Waals surface area contributed by atoms with Crippen LogP contribution in [0.3, 0.4) is 0 Å². The van der Waals surface area contributed by atoms with Crippen LogP contribution in [0, 0.1) is 23.6 Å². The maximum absolute atomic E-state index is 13.1. The van der Waals surface area contributed by atoms with Gasteiger partial charge in [-0.1, -0.05) is 0 Å². The van der Waals surface area contributed by atoms with E-state index in [9.17, 15) is 14.0 Å². The van der Waals surface area contributed by atoms with Gasteiger partial charge in [-0.2, -0.15) is 0 Å². The van der Waals surface area contributed by atoms with Crippen LogP contribution >= 0.6 is 0 Å². The van der Waals surface area contributed by atoms with Crippen molar-refractivity contribution in [2.24, 2.45) is 17.8 Å². The van der Waals surface area contributed by atoms with Crippen LogP contribution in [-0.4, -0.2) is 55.5 Å². The standard InChI is InChI=1S/C26H37FN2O3/c27-23-5-3-20(4-6-23)25(30)21-10-15-29(16-11-21)14-9-19-1-7-24(8-2-19)28-26(31)22-12-17-32-18-13-22/h3-6,19,21-22,24H,1-2,7-18H2,(H,28,31)/t19-,24-. The summed E-state index contributed by atoms with van der Waals surface area (Å²) in [7, 11) is 0. The van der Waals surface area contributed by atoms with Crippen molar-refractivity contribution in [2.45, 2.75) is 63.8 Å². The Kier molecular flexibility index (Phi) is 8.31. The van der Waals surface area contributed by atoms with Gasteiger partial charge in [0.2, 0.25) is 5.91 Å². The number of amides is 1. The number of rotatable bonds is 7. The molecule has 1 aliphatic carbocycles. The molecule has 1 N–H and O–H groups in total. The van der Waals surface area contributed by atoms with Crippen LogP contribution in [0.4, 0.5) is 4.39 Å². The first-order chi connectivity index (χ1) is 15.6. The number of piperidine rings is 1. The Hall–Kier alpha value is -1.79. The number of hydrogen-bond acceptors (Lipinski definition) is 4. The molecule has 4 rings (SSSR count). The Morgan fingerprint density at radius 2 is 1.56 bits per heavy atom. The fourth-order valence-electron chi connectivity index (χ4n) is 5.51. The quantitative estimate of drug-likeness (QED) is 0.640. The van der Waals surface area contributed by atoms with Gasteiger partial charge in [-0.15, -0.1) is 0 Å². The number of hydrogen-bond donors (Lipinski definition) is 1. The van der Waals surface area contributed by atoms with Crippen LogP contribution in [0.5, 0.6) is 0 Å². The molecule has 2 heterocycles. The first-order valence-corrected chi connectivity index (χ1v) is 12.5. The lowest BCUT2D eigenvalue weighted by molar-refractivity contribution is -0.128. The van der Waals surface area contributed by atoms with Crippen LogP contribution in [0.25, 0.3) is 0 Å². The predicted octanol–water partition coefficient (Wildman–Crippen LogP) is 4.21. The molecule has 3 aliphatic rings. The van der Waals surface area contributed by atoms with Crippen molar-refractivity contribution in [1.82, 2.24) is 10.2 Å². The highest BCUT2D eigenvalue weighted by atomic mass is 19.1. The third kappa shape index (κ3) is 6.38. The Bertz CT molecular complexity index is 747. The van der Waals surface area contributed by atoms with E-state index in [1.54, 1.807) is 12.1 Å². The van der Waals surface area contributed by atoms with Crippen molar-refractivity contribution in [3.8, 4) is 0 Å². The largest absolute Gasteiger partial charge is 0.381 e. The summed E-state index contributed by atoms with van der Waals surface area (Å²) in [6, 6.07) is 6.29. The average Bonchev–Trinajstić information content (AvgIpc) is 2.84. The zero-order valence-corrected chi connectivity index (χ0v) is 19.1. The molecule has 1 aromatic carbocycles. The summed E-state index contributed by atoms with van der Waals surface area (Å²) >= 11 is 0. The van der Waals surface area contributed by atoms with Crippen molar-refractivity contribution in [1.29, 1.82) is 0 Å². The molecule has 0 radical (unpaired) electrons. The van der Waals surface area contributed by atoms with Gasteiger partial charge in [0.05, 0.1) is 0 Å². The minimum absolute atomic E-state index is 0.0616. The fourth-order valence-corrected chi connectivity index (χ4v) is 5.51. The number of carbonyl (C=O) groups is 2. The Labute approximate surface area is 191 Å². The minimum atomic E-state index is -0.299. The number of ether oxygens (including phenoxy) is 1. The zero-order valence-electron chi connectivity index (χ0n) is 19.1. The normalized spacial score (nSPS) is 26.0. The van der Waals surface area contributed by atoms with Crippen molar-refractivity contribution in [3.05, 3.63) is 35.6 Å². The zero-order chi connectivity index (χ0) is 22.3. The van der Waals surface area contributed by atoms with Gasteiger partial charge in [0.15, 0.2) is 5.78 Å². The molecule has 6 heteroatoms. The molecule has 2 saturated heterocycles. The molecular weight excluding hydrogens is 407 g/mol. The molecule has 0 atom stereocenters. The predicted molar refractivity (Wildman–Crippen MR) is 122 cm³/mol. The second-order valence-corrected chi connectivity index (χ2v) is 9.89. The number of halogens is 1. The molecule has 1 aromatic rings. The molecule has 3 fully saturated rings. The highest BCUT2D eigenvalue weighted by Crippen LogP contribution is 2.29. The van der Waals surface area contributed by atoms with Crippen molar-refractivity contribution in [3.63, 3.8) is 0 Å². The molecule has 176 valence electrons. The van der Waals surface area contributed by atoms with Gasteiger partial charge < -0.3 is 15.0 Å². The van der Waals surface area contributed by atoms with E-state index in [4.69, 9.17) is 4.74 Å². The summed E-state index contributed by atoms with van der Waals surface area (Å²) in [6.45, 7) is 4.45. The molecule has 5 nitrogen and oxygen atoms in total. The van der Waals surface area contributed by atoms with E-state index in [-0.39, 0.29) is 29.3 Å². The van der Waals surface area contributed by atoms with Crippen molar-refractivity contribution < 1.29 is 18.7 Å². The van der Waals surface area contributed by atoms with Crippen LogP contribution in [-0.2, 0) is 9.53 Å². The van der Waals surface area contributed by atoms with Crippen molar-refractivity contribution >= 4 is 11.7 Å². The highest BCUT2D eigenvalue weighted by Gasteiger charge is 2.29. The Morgan fingerprint density at radius 3 is 2.22 bits per heavy atom. The lowest BCUT2D eigenvalue weighted by Gasteiger charge is -2.34. The van der Waals surface area contributed by atoms with Crippen LogP contribution in [0.15, 0.2) is 24.3 Å². The van der Waals surface area contributed by atoms with E-state index in [0.717, 1.165) is 64.1 Å². The van der Waals surface area contributed by atoms with Gasteiger partial charge in [-0.05, 0) is 108 Å². The molecule has 1 saturated carbocycles. The van der Waals surface area contributed by atoms with E-state index in [0.29, 0.717) is 24.8 Å². The maximum atomic E-state index is 13.1. The summed E-state index contributed by atoms with van der Waals surface area (Å²) in [5, 5.41) is 3.29. The fraction of sp³-hybridized carbons (Fsp3) is 0.692. The van der Waals surface area contributed by atoms with Crippen LogP contribution < -0.4 is 5.32 Å². The number of nitrogens with one attached hydrogen (secondary N) is 1. The number of likely N-dealkylation sites (tertiary alicyclic amines) is 1. The maximum Gasteiger partial charge on any atom is 0.223 e. The topological polar surface area (TPSA) is 58.6 Å². The highest BCUT2D eigenvalue weighted by molar-refractivity contribution is 5.97. The van der Waals surface area contributed by atoms with Crippen molar-refractivity contribution in [2.75, 3.05) is 32.8 Å². The van der Waals surface area contributed by atoms with Gasteiger partial charge in [-0.25, -0.2) is 4.39 Å². The van der Waals surface area contributed by atoms with E-state index in [1.165, 1.54) is 31.4 Å². The van der Waals surface area contributed by atoms with E-state index in [2.05, 4.69) is 10.2 Å². The van der Waals surface area contributed by atoms with Gasteiger partial charge in [0.25, 0.3) is 0 Å². The summed E-state index contributed by atoms with van der Waals surface area (Å²) in [5.41, 5.74) is 0.630. The molecule has 1 amide bonds. The Morgan fingerprint density at radius 1 is 0.906 bits per heavy atom. The van der Waals surface area contributed by atoms with Gasteiger partial charge in [-0.3, -0.25) is 9.59 Å². The summed E-state index contributed by atoms with van der Waals surface area (Å²) in [5.74, 6) is 1.03. The second kappa shape index (κ2) is 11.4. The minimum Gasteiger partial charge on any atom is -0.381 e. The van der Waals surface area contributed by atoms with E-state index in [1.807, 2.05) is 0 Å². The van der Waals surface area contributed by atoms with Gasteiger partial charge >= 0.3 is 0 Å². The number of nitrogens with zero attached hydrogens (tertiary/aromatic N) is 1. The summed E-state index contributed by atoms with van der Waals surface area (Å²) in [4.78, 5) is 27.6. The number of ketones is 1. The monoisotopic (exact) mass is 444 g/mol. The third-order valence-corrected chi connectivity index (χ3v) is 7.73. The SMILES string of the molecule is O=C(N[C@H]1CC[C@H](CCN2CCC(C(=O)c3ccc(F)cc3)CC2)CC1)C1CCOCC1. The molecule has 2 aliphatic heterocycles. The number of carbonyl (C=O) groups excluding carboxylic acids is 2. The lowest BCUT2D eigenvalue weighted by atomic mass is 9.83. The molecular formula is C26H37FN2O3. The smallest absolute Gasteiger partial charge is 0.223 e. The number of Topliss-reactive ketones (excluding diaryl/α,β-unsaturated/α-hetero) is 1. The molecule has 0 bridgehead atoms. The summed E-state index contributed by atoms with van der Waals surface area (Å²) in [6.07, 6.45) is 9.26. The molecule has 0 aromatic heterocycles. The first kappa shape index (κ1) is 23.4. The van der Waals surface area contributed by atoms with E-state index >= 15 is 0 Å². The number of benzene rings is 1. The van der Waals surface area contributed by atoms with Gasteiger partial charge in [0, 0.05) is 36.7 Å². The molecule has 32 heavy (non-hydrogen) atoms. The van der Waals surface area contributed by atoms with Crippen LogP contribution in [0.1, 0.15) is 68.1 Å². The van der Waals surface area contributed by atoms with E-state index < -0.39 is 0 Å². The van der Waals surface area contributed by atoms with Gasteiger partial charge in [0.1, 0.15) is 5.82 Å². The molecule has 0 spiro atoms. The average molecular weight is 445 g/mol. The van der Waals surface area contributed by atoms with Crippen LogP contribution in [0.2, 0.25) is 0 Å². The Balaban J connectivity index is 1.11. The first-order valence-electron chi connectivity index (χ1n) is 12.5. The summed E-state index contributed by atoms with van der Waals surface area (Å²) < 4.78 is 18.5. The lowest BCUT2D eigenvalue weighted by Crippen LogP contribution is -2.42. The second-order valence-electron chi connectivity index (χ2n) is 9.89. The molecule has 0 unspecified atom stereocenters.